The highest BCUT2D eigenvalue weighted by Crippen LogP contribution is 2.38. The lowest BCUT2D eigenvalue weighted by molar-refractivity contribution is -0.132. The molecule has 146 valence electrons. The number of rotatable bonds is 5. The van der Waals surface area contributed by atoms with Gasteiger partial charge in [-0.15, -0.1) is 0 Å². The molecule has 28 heavy (non-hydrogen) atoms. The highest BCUT2D eigenvalue weighted by molar-refractivity contribution is 6.31. The minimum absolute atomic E-state index is 0.0694. The van der Waals surface area contributed by atoms with Crippen LogP contribution in [-0.2, 0) is 11.2 Å². The van der Waals surface area contributed by atoms with Gasteiger partial charge in [-0.25, -0.2) is 0 Å². The molecule has 2 N–H and O–H groups in total. The molecule has 3 aromatic rings. The number of hydrogen-bond donors (Lipinski definition) is 2. The van der Waals surface area contributed by atoms with Gasteiger partial charge in [-0.2, -0.15) is 0 Å². The van der Waals surface area contributed by atoms with Crippen LogP contribution in [0.5, 0.6) is 0 Å². The summed E-state index contributed by atoms with van der Waals surface area (Å²) in [6.45, 7) is 5.45. The quantitative estimate of drug-likeness (QED) is 0.607. The topological polar surface area (TPSA) is 48.1 Å². The van der Waals surface area contributed by atoms with Crippen molar-refractivity contribution in [2.45, 2.75) is 32.7 Å². The summed E-state index contributed by atoms with van der Waals surface area (Å²) >= 11 is 6.23. The first kappa shape index (κ1) is 18.9. The van der Waals surface area contributed by atoms with E-state index in [4.69, 9.17) is 11.6 Å². The number of nitrogens with one attached hydrogen (secondary N) is 2. The minimum atomic E-state index is 0.0694. The molecule has 0 saturated heterocycles. The molecule has 0 saturated carbocycles. The number of nitrogens with zero attached hydrogens (tertiary/aromatic N) is 1. The number of H-pyrrole nitrogens is 1. The highest BCUT2D eigenvalue weighted by atomic mass is 35.5. The molecule has 5 heteroatoms. The number of amides is 1. The number of anilines is 1. The molecule has 1 amide bonds. The first-order valence-electron chi connectivity index (χ1n) is 9.91. The van der Waals surface area contributed by atoms with Crippen LogP contribution >= 0.6 is 11.6 Å². The predicted octanol–water partition coefficient (Wildman–Crippen LogP) is 5.41. The number of carbonyl (C=O) groups is 1. The second-order valence-corrected chi connectivity index (χ2v) is 8.35. The van der Waals surface area contributed by atoms with Crippen LogP contribution in [0.1, 0.15) is 37.6 Å². The molecule has 1 atom stereocenters. The van der Waals surface area contributed by atoms with Gasteiger partial charge in [0.2, 0.25) is 5.91 Å². The van der Waals surface area contributed by atoms with Gasteiger partial charge in [0.05, 0.1) is 12.6 Å². The highest BCUT2D eigenvalue weighted by Gasteiger charge is 2.33. The van der Waals surface area contributed by atoms with Crippen LogP contribution in [0.3, 0.4) is 0 Å². The first-order chi connectivity index (χ1) is 13.5. The number of aromatic amines is 1. The van der Waals surface area contributed by atoms with E-state index in [0.29, 0.717) is 12.5 Å². The largest absolute Gasteiger partial charge is 0.376 e. The lowest BCUT2D eigenvalue weighted by Gasteiger charge is -2.37. The Kier molecular flexibility index (Phi) is 5.31. The lowest BCUT2D eigenvalue weighted by Crippen LogP contribution is -2.43. The van der Waals surface area contributed by atoms with Gasteiger partial charge >= 0.3 is 0 Å². The number of para-hydroxylation sites is 1. The molecule has 0 radical (unpaired) electrons. The molecule has 1 unspecified atom stereocenters. The molecule has 0 fully saturated rings. The molecular weight excluding hydrogens is 370 g/mol. The molecule has 0 bridgehead atoms. The molecule has 2 heterocycles. The summed E-state index contributed by atoms with van der Waals surface area (Å²) in [6, 6.07) is 15.9. The van der Waals surface area contributed by atoms with Crippen LogP contribution in [0, 0.1) is 5.92 Å². The minimum Gasteiger partial charge on any atom is -0.376 e. The van der Waals surface area contributed by atoms with E-state index in [0.717, 1.165) is 35.6 Å². The number of fused-ring (bicyclic) bond motifs is 3. The van der Waals surface area contributed by atoms with E-state index in [1.807, 2.05) is 53.4 Å². The number of hydrogen-bond acceptors (Lipinski definition) is 2. The smallest absolute Gasteiger partial charge is 0.242 e. The van der Waals surface area contributed by atoms with E-state index in [-0.39, 0.29) is 11.9 Å². The average Bonchev–Trinajstić information content (AvgIpc) is 3.05. The molecule has 4 nitrogen and oxygen atoms in total. The van der Waals surface area contributed by atoms with Gasteiger partial charge in [-0.3, -0.25) is 4.79 Å². The van der Waals surface area contributed by atoms with Crippen LogP contribution in [0.15, 0.2) is 48.5 Å². The zero-order valence-corrected chi connectivity index (χ0v) is 17.1. The number of halogens is 1. The maximum absolute atomic E-state index is 13.1. The third-order valence-electron chi connectivity index (χ3n) is 5.45. The van der Waals surface area contributed by atoms with E-state index in [1.165, 1.54) is 16.6 Å². The molecule has 1 aliphatic heterocycles. The Bertz CT molecular complexity index is 980. The van der Waals surface area contributed by atoms with E-state index in [1.54, 1.807) is 0 Å². The van der Waals surface area contributed by atoms with Gasteiger partial charge in [0.1, 0.15) is 0 Å². The fraction of sp³-hybridized carbons (Fsp3) is 0.348. The van der Waals surface area contributed by atoms with Crippen molar-refractivity contribution in [3.63, 3.8) is 0 Å². The molecule has 0 aliphatic carbocycles. The molecule has 1 aromatic heterocycles. The van der Waals surface area contributed by atoms with Crippen molar-refractivity contribution in [2.75, 3.05) is 18.4 Å². The van der Waals surface area contributed by atoms with E-state index in [9.17, 15) is 4.79 Å². The molecule has 0 spiro atoms. The standard InChI is InChI=1S/C23H26ClN3O/c1-15(2)12-21-23-18(19-13-16(24)8-9-20(19)26-23)10-11-27(21)22(28)14-25-17-6-4-3-5-7-17/h3-9,13,15,21,25-26H,10-12,14H2,1-2H3. The van der Waals surface area contributed by atoms with Crippen molar-refractivity contribution >= 4 is 34.1 Å². The predicted molar refractivity (Wildman–Crippen MR) is 116 cm³/mol. The van der Waals surface area contributed by atoms with Crippen LogP contribution in [-0.4, -0.2) is 28.9 Å². The number of benzene rings is 2. The van der Waals surface area contributed by atoms with Crippen LogP contribution in [0.25, 0.3) is 10.9 Å². The summed E-state index contributed by atoms with van der Waals surface area (Å²) in [5.41, 5.74) is 4.54. The second kappa shape index (κ2) is 7.88. The molecule has 1 aliphatic rings. The third kappa shape index (κ3) is 3.74. The van der Waals surface area contributed by atoms with Crippen molar-refractivity contribution in [2.24, 2.45) is 5.92 Å². The SMILES string of the molecule is CC(C)CC1c2[nH]c3ccc(Cl)cc3c2CCN1C(=O)CNc1ccccc1. The van der Waals surface area contributed by atoms with Gasteiger partial charge < -0.3 is 15.2 Å². The maximum Gasteiger partial charge on any atom is 0.242 e. The van der Waals surface area contributed by atoms with Crippen LogP contribution < -0.4 is 5.32 Å². The zero-order valence-electron chi connectivity index (χ0n) is 16.3. The number of aromatic nitrogens is 1. The summed E-state index contributed by atoms with van der Waals surface area (Å²) in [7, 11) is 0. The van der Waals surface area contributed by atoms with Crippen LogP contribution in [0.2, 0.25) is 5.02 Å². The van der Waals surface area contributed by atoms with Crippen molar-refractivity contribution < 1.29 is 4.79 Å². The lowest BCUT2D eigenvalue weighted by atomic mass is 9.91. The third-order valence-corrected chi connectivity index (χ3v) is 5.68. The summed E-state index contributed by atoms with van der Waals surface area (Å²) in [4.78, 5) is 18.7. The fourth-order valence-electron chi connectivity index (χ4n) is 4.16. The Labute approximate surface area is 170 Å². The Morgan fingerprint density at radius 3 is 2.79 bits per heavy atom. The van der Waals surface area contributed by atoms with E-state index < -0.39 is 0 Å². The Balaban J connectivity index is 1.61. The Morgan fingerprint density at radius 2 is 2.04 bits per heavy atom. The van der Waals surface area contributed by atoms with Crippen molar-refractivity contribution in [1.29, 1.82) is 0 Å². The van der Waals surface area contributed by atoms with Gasteiger partial charge in [-0.05, 0) is 54.7 Å². The second-order valence-electron chi connectivity index (χ2n) is 7.91. The molecular formula is C23H26ClN3O. The summed E-state index contributed by atoms with van der Waals surface area (Å²) in [6.07, 6.45) is 1.78. The summed E-state index contributed by atoms with van der Waals surface area (Å²) in [5.74, 6) is 0.625. The van der Waals surface area contributed by atoms with Crippen molar-refractivity contribution in [3.8, 4) is 0 Å². The van der Waals surface area contributed by atoms with E-state index in [2.05, 4.69) is 24.1 Å². The van der Waals surface area contributed by atoms with Crippen molar-refractivity contribution in [1.82, 2.24) is 9.88 Å². The fourth-order valence-corrected chi connectivity index (χ4v) is 4.34. The van der Waals surface area contributed by atoms with Crippen molar-refractivity contribution in [3.05, 3.63) is 64.8 Å². The molecule has 4 rings (SSSR count). The van der Waals surface area contributed by atoms with Gasteiger partial charge in [-0.1, -0.05) is 43.6 Å². The molecule has 2 aromatic carbocycles. The van der Waals surface area contributed by atoms with Gasteiger partial charge in [0, 0.05) is 33.9 Å². The maximum atomic E-state index is 13.1. The van der Waals surface area contributed by atoms with E-state index >= 15 is 0 Å². The first-order valence-corrected chi connectivity index (χ1v) is 10.3. The summed E-state index contributed by atoms with van der Waals surface area (Å²) in [5, 5.41) is 5.19. The average molecular weight is 396 g/mol. The van der Waals surface area contributed by atoms with Crippen LogP contribution in [0.4, 0.5) is 5.69 Å². The number of carbonyl (C=O) groups excluding carboxylic acids is 1. The zero-order chi connectivity index (χ0) is 19.7. The normalized spacial score (nSPS) is 16.4. The van der Waals surface area contributed by atoms with Gasteiger partial charge in [0.15, 0.2) is 0 Å². The Hall–Kier alpha value is -2.46. The van der Waals surface area contributed by atoms with Gasteiger partial charge in [0.25, 0.3) is 0 Å². The monoisotopic (exact) mass is 395 g/mol. The Morgan fingerprint density at radius 1 is 1.25 bits per heavy atom. The summed E-state index contributed by atoms with van der Waals surface area (Å²) < 4.78 is 0.